The van der Waals surface area contributed by atoms with E-state index in [2.05, 4.69) is 4.98 Å². The maximum atomic E-state index is 11.0. The number of rotatable bonds is 4. The molecule has 0 spiro atoms. The van der Waals surface area contributed by atoms with Crippen molar-refractivity contribution in [3.8, 4) is 5.75 Å². The molecule has 0 bridgehead atoms. The van der Waals surface area contributed by atoms with Crippen LogP contribution in [0.1, 0.15) is 22.1 Å². The fourth-order valence-electron chi connectivity index (χ4n) is 1.40. The Balaban J connectivity index is 2.05. The summed E-state index contributed by atoms with van der Waals surface area (Å²) in [5, 5.41) is 0. The molecule has 2 rings (SSSR count). The lowest BCUT2D eigenvalue weighted by molar-refractivity contribution is 0.0969. The third-order valence-corrected chi connectivity index (χ3v) is 2.17. The highest BCUT2D eigenvalue weighted by Gasteiger charge is 2.14. The summed E-state index contributed by atoms with van der Waals surface area (Å²) in [5.74, 6) is 0.502. The van der Waals surface area contributed by atoms with Crippen molar-refractivity contribution in [3.63, 3.8) is 0 Å². The molecule has 0 aliphatic heterocycles. The number of primary amides is 1. The van der Waals surface area contributed by atoms with Gasteiger partial charge in [-0.25, -0.2) is 4.98 Å². The molecule has 0 aliphatic carbocycles. The van der Waals surface area contributed by atoms with Gasteiger partial charge in [0, 0.05) is 0 Å². The topological polar surface area (TPSA) is 78.3 Å². The lowest BCUT2D eigenvalue weighted by Gasteiger charge is -2.01. The van der Waals surface area contributed by atoms with Crippen LogP contribution >= 0.6 is 0 Å². The molecule has 17 heavy (non-hydrogen) atoms. The maximum absolute atomic E-state index is 11.0. The fraction of sp³-hybridized carbons (Fsp3) is 0.167. The minimum absolute atomic E-state index is 0.0802. The number of amides is 1. The molecule has 0 aliphatic rings. The van der Waals surface area contributed by atoms with Crippen molar-refractivity contribution in [1.29, 1.82) is 0 Å². The van der Waals surface area contributed by atoms with Crippen LogP contribution in [0.2, 0.25) is 0 Å². The number of carbonyl (C=O) groups is 1. The SMILES string of the molecule is Cc1nc(COc2ccccc2)oc1C(N)=O. The van der Waals surface area contributed by atoms with Gasteiger partial charge >= 0.3 is 0 Å². The number of benzene rings is 1. The van der Waals surface area contributed by atoms with Crippen LogP contribution in [0.25, 0.3) is 0 Å². The predicted molar refractivity (Wildman–Crippen MR) is 60.5 cm³/mol. The molecular weight excluding hydrogens is 220 g/mol. The van der Waals surface area contributed by atoms with Crippen molar-refractivity contribution >= 4 is 5.91 Å². The van der Waals surface area contributed by atoms with Crippen LogP contribution in [-0.2, 0) is 6.61 Å². The summed E-state index contributed by atoms with van der Waals surface area (Å²) < 4.78 is 10.6. The Morgan fingerprint density at radius 1 is 1.41 bits per heavy atom. The molecule has 0 radical (unpaired) electrons. The summed E-state index contributed by atoms with van der Waals surface area (Å²) in [7, 11) is 0. The van der Waals surface area contributed by atoms with Crippen molar-refractivity contribution < 1.29 is 13.9 Å². The van der Waals surface area contributed by atoms with Gasteiger partial charge < -0.3 is 14.9 Å². The van der Waals surface area contributed by atoms with Gasteiger partial charge in [-0.2, -0.15) is 0 Å². The number of hydrogen-bond acceptors (Lipinski definition) is 4. The lowest BCUT2D eigenvalue weighted by Crippen LogP contribution is -2.11. The summed E-state index contributed by atoms with van der Waals surface area (Å²) >= 11 is 0. The van der Waals surface area contributed by atoms with Gasteiger partial charge in [0.25, 0.3) is 5.91 Å². The Morgan fingerprint density at radius 2 is 2.12 bits per heavy atom. The third-order valence-electron chi connectivity index (χ3n) is 2.17. The van der Waals surface area contributed by atoms with Crippen LogP contribution in [-0.4, -0.2) is 10.9 Å². The lowest BCUT2D eigenvalue weighted by atomic mass is 10.3. The largest absolute Gasteiger partial charge is 0.484 e. The number of carbonyl (C=O) groups excluding carboxylic acids is 1. The normalized spacial score (nSPS) is 10.2. The van der Waals surface area contributed by atoms with E-state index in [1.807, 2.05) is 30.3 Å². The molecule has 88 valence electrons. The highest BCUT2D eigenvalue weighted by Crippen LogP contribution is 2.13. The first-order chi connectivity index (χ1) is 8.16. The molecule has 1 aromatic heterocycles. The van der Waals surface area contributed by atoms with E-state index >= 15 is 0 Å². The van der Waals surface area contributed by atoms with E-state index in [0.717, 1.165) is 0 Å². The minimum Gasteiger partial charge on any atom is -0.484 e. The number of hydrogen-bond donors (Lipinski definition) is 1. The molecule has 5 heteroatoms. The molecule has 0 saturated heterocycles. The van der Waals surface area contributed by atoms with Gasteiger partial charge in [0.2, 0.25) is 11.7 Å². The first kappa shape index (κ1) is 11.2. The van der Waals surface area contributed by atoms with Crippen LogP contribution in [0.15, 0.2) is 34.7 Å². The molecule has 2 N–H and O–H groups in total. The second kappa shape index (κ2) is 4.69. The van der Waals surface area contributed by atoms with Crippen molar-refractivity contribution in [2.45, 2.75) is 13.5 Å². The number of aryl methyl sites for hydroxylation is 1. The molecule has 0 atom stereocenters. The van der Waals surface area contributed by atoms with Crippen LogP contribution in [0, 0.1) is 6.92 Å². The van der Waals surface area contributed by atoms with Crippen molar-refractivity contribution in [2.24, 2.45) is 5.73 Å². The van der Waals surface area contributed by atoms with Crippen LogP contribution in [0.3, 0.4) is 0 Å². The van der Waals surface area contributed by atoms with E-state index in [0.29, 0.717) is 17.3 Å². The average Bonchev–Trinajstić information content (AvgIpc) is 2.69. The van der Waals surface area contributed by atoms with E-state index in [1.54, 1.807) is 6.92 Å². The van der Waals surface area contributed by atoms with E-state index in [9.17, 15) is 4.79 Å². The molecule has 0 fully saturated rings. The van der Waals surface area contributed by atoms with E-state index in [-0.39, 0.29) is 12.4 Å². The van der Waals surface area contributed by atoms with Gasteiger partial charge in [0.05, 0.1) is 5.69 Å². The van der Waals surface area contributed by atoms with Gasteiger partial charge in [0.15, 0.2) is 6.61 Å². The van der Waals surface area contributed by atoms with Crippen LogP contribution in [0.5, 0.6) is 5.75 Å². The summed E-state index contributed by atoms with van der Waals surface area (Å²) in [4.78, 5) is 15.0. The van der Waals surface area contributed by atoms with Gasteiger partial charge in [0.1, 0.15) is 5.75 Å². The predicted octanol–water partition coefficient (Wildman–Crippen LogP) is 1.66. The Hall–Kier alpha value is -2.30. The Labute approximate surface area is 98.2 Å². The van der Waals surface area contributed by atoms with Gasteiger partial charge in [-0.15, -0.1) is 0 Å². The third kappa shape index (κ3) is 2.63. The number of nitrogens with two attached hydrogens (primary N) is 1. The summed E-state index contributed by atoms with van der Waals surface area (Å²) in [6.45, 7) is 1.83. The number of oxazole rings is 1. The van der Waals surface area contributed by atoms with Crippen molar-refractivity contribution in [3.05, 3.63) is 47.7 Å². The highest BCUT2D eigenvalue weighted by molar-refractivity contribution is 5.90. The van der Waals surface area contributed by atoms with E-state index in [1.165, 1.54) is 0 Å². The van der Waals surface area contributed by atoms with Gasteiger partial charge in [-0.3, -0.25) is 4.79 Å². The maximum Gasteiger partial charge on any atom is 0.286 e. The van der Waals surface area contributed by atoms with E-state index < -0.39 is 5.91 Å². The molecule has 1 amide bonds. The molecule has 1 aromatic carbocycles. The zero-order chi connectivity index (χ0) is 12.3. The second-order valence-electron chi connectivity index (χ2n) is 3.49. The molecule has 0 saturated carbocycles. The summed E-state index contributed by atoms with van der Waals surface area (Å²) in [5.41, 5.74) is 5.60. The zero-order valence-electron chi connectivity index (χ0n) is 9.34. The molecule has 0 unspecified atom stereocenters. The number of ether oxygens (including phenoxy) is 1. The number of para-hydroxylation sites is 1. The second-order valence-corrected chi connectivity index (χ2v) is 3.49. The van der Waals surface area contributed by atoms with Crippen molar-refractivity contribution in [2.75, 3.05) is 0 Å². The Kier molecular flexibility index (Phi) is 3.09. The fourth-order valence-corrected chi connectivity index (χ4v) is 1.40. The van der Waals surface area contributed by atoms with E-state index in [4.69, 9.17) is 14.9 Å². The first-order valence-electron chi connectivity index (χ1n) is 5.11. The monoisotopic (exact) mass is 232 g/mol. The molecular formula is C12H12N2O3. The Morgan fingerprint density at radius 3 is 2.71 bits per heavy atom. The standard InChI is InChI=1S/C12H12N2O3/c1-8-11(12(13)15)17-10(14-8)7-16-9-5-3-2-4-6-9/h2-6H,7H2,1H3,(H2,13,15). The van der Waals surface area contributed by atoms with Gasteiger partial charge in [-0.1, -0.05) is 18.2 Å². The summed E-state index contributed by atoms with van der Waals surface area (Å²) in [6.07, 6.45) is 0. The quantitative estimate of drug-likeness (QED) is 0.869. The zero-order valence-corrected chi connectivity index (χ0v) is 9.34. The molecule has 5 nitrogen and oxygen atoms in total. The molecule has 1 heterocycles. The molecule has 2 aromatic rings. The van der Waals surface area contributed by atoms with Gasteiger partial charge in [-0.05, 0) is 19.1 Å². The van der Waals surface area contributed by atoms with Crippen LogP contribution < -0.4 is 10.5 Å². The summed E-state index contributed by atoms with van der Waals surface area (Å²) in [6, 6.07) is 9.28. The Bertz CT molecular complexity index is 520. The number of aromatic nitrogens is 1. The smallest absolute Gasteiger partial charge is 0.286 e. The number of nitrogens with zero attached hydrogens (tertiary/aromatic N) is 1. The minimum atomic E-state index is -0.624. The first-order valence-corrected chi connectivity index (χ1v) is 5.11. The highest BCUT2D eigenvalue weighted by atomic mass is 16.5. The van der Waals surface area contributed by atoms with Crippen molar-refractivity contribution in [1.82, 2.24) is 4.98 Å². The average molecular weight is 232 g/mol. The van der Waals surface area contributed by atoms with Crippen LogP contribution in [0.4, 0.5) is 0 Å².